The second-order valence-corrected chi connectivity index (χ2v) is 5.54. The molecule has 0 radical (unpaired) electrons. The van der Waals surface area contributed by atoms with E-state index in [1.807, 2.05) is 13.8 Å². The van der Waals surface area contributed by atoms with Crippen LogP contribution in [-0.2, 0) is 5.41 Å². The van der Waals surface area contributed by atoms with E-state index < -0.39 is 0 Å². The molecule has 1 heterocycles. The third kappa shape index (κ3) is 2.61. The molecule has 108 valence electrons. The topological polar surface area (TPSA) is 112 Å². The van der Waals surface area contributed by atoms with E-state index in [0.717, 1.165) is 5.56 Å². The Balaban J connectivity index is 2.48. The van der Waals surface area contributed by atoms with Gasteiger partial charge in [-0.25, -0.2) is 0 Å². The lowest BCUT2D eigenvalue weighted by Gasteiger charge is -2.32. The van der Waals surface area contributed by atoms with Crippen molar-refractivity contribution in [2.24, 2.45) is 0 Å². The number of nitrogens with zero attached hydrogens (tertiary/aromatic N) is 3. The number of hydrogen-bond donors (Lipinski definition) is 2. The molecule has 1 aliphatic heterocycles. The standard InChI is InChI=1S/C16H13N5O/c1-16(2)9-20-15(22)12-4-3-11(5-13(12)16)21-14(8-19)10(6-17)7-18/h3-5,21H,9H2,1-2H3,(H,20,22). The molecule has 0 spiro atoms. The summed E-state index contributed by atoms with van der Waals surface area (Å²) in [5, 5.41) is 32.4. The fourth-order valence-electron chi connectivity index (χ4n) is 2.30. The van der Waals surface area contributed by atoms with Gasteiger partial charge in [0.15, 0.2) is 5.57 Å². The molecular formula is C16H13N5O. The van der Waals surface area contributed by atoms with Crippen LogP contribution in [0.2, 0.25) is 0 Å². The number of nitrogens with one attached hydrogen (secondary N) is 2. The Morgan fingerprint density at radius 2 is 1.91 bits per heavy atom. The highest BCUT2D eigenvalue weighted by atomic mass is 16.1. The van der Waals surface area contributed by atoms with Gasteiger partial charge in [0.25, 0.3) is 5.91 Å². The second kappa shape index (κ2) is 5.60. The molecule has 2 rings (SSSR count). The van der Waals surface area contributed by atoms with Crippen molar-refractivity contribution in [3.05, 3.63) is 40.6 Å². The van der Waals surface area contributed by atoms with Crippen LogP contribution < -0.4 is 10.6 Å². The summed E-state index contributed by atoms with van der Waals surface area (Å²) in [6.45, 7) is 4.53. The van der Waals surface area contributed by atoms with E-state index in [0.29, 0.717) is 17.8 Å². The van der Waals surface area contributed by atoms with Crippen LogP contribution in [0.25, 0.3) is 0 Å². The summed E-state index contributed by atoms with van der Waals surface area (Å²) in [5.74, 6) is -0.133. The number of carbonyl (C=O) groups is 1. The Kier molecular flexibility index (Phi) is 3.84. The van der Waals surface area contributed by atoms with Crippen molar-refractivity contribution >= 4 is 11.6 Å². The first-order valence-corrected chi connectivity index (χ1v) is 6.57. The fourth-order valence-corrected chi connectivity index (χ4v) is 2.30. The molecule has 2 N–H and O–H groups in total. The van der Waals surface area contributed by atoms with Gasteiger partial charge in [-0.15, -0.1) is 0 Å². The number of nitriles is 3. The SMILES string of the molecule is CC1(C)CNC(=O)c2ccc(NC(C#N)=C(C#N)C#N)cc21. The normalized spacial score (nSPS) is 14.4. The lowest BCUT2D eigenvalue weighted by molar-refractivity contribution is 0.0930. The van der Waals surface area contributed by atoms with Crippen molar-refractivity contribution in [2.45, 2.75) is 19.3 Å². The molecule has 6 nitrogen and oxygen atoms in total. The van der Waals surface area contributed by atoms with Crippen LogP contribution in [0.15, 0.2) is 29.5 Å². The molecule has 22 heavy (non-hydrogen) atoms. The van der Waals surface area contributed by atoms with Crippen molar-refractivity contribution in [1.29, 1.82) is 15.8 Å². The average Bonchev–Trinajstić information content (AvgIpc) is 2.51. The van der Waals surface area contributed by atoms with Gasteiger partial charge in [-0.1, -0.05) is 13.8 Å². The van der Waals surface area contributed by atoms with Gasteiger partial charge < -0.3 is 10.6 Å². The maximum Gasteiger partial charge on any atom is 0.251 e. The van der Waals surface area contributed by atoms with Crippen LogP contribution in [0, 0.1) is 34.0 Å². The molecule has 0 saturated heterocycles. The number of rotatable bonds is 2. The molecule has 1 aromatic carbocycles. The number of hydrogen-bond acceptors (Lipinski definition) is 5. The first-order valence-electron chi connectivity index (χ1n) is 6.57. The predicted octanol–water partition coefficient (Wildman–Crippen LogP) is 1.94. The van der Waals surface area contributed by atoms with E-state index in [9.17, 15) is 4.79 Å². The largest absolute Gasteiger partial charge is 0.351 e. The van der Waals surface area contributed by atoms with Crippen molar-refractivity contribution < 1.29 is 4.79 Å². The smallest absolute Gasteiger partial charge is 0.251 e. The average molecular weight is 291 g/mol. The zero-order valence-corrected chi connectivity index (χ0v) is 12.2. The molecule has 0 fully saturated rings. The van der Waals surface area contributed by atoms with Gasteiger partial charge in [0.05, 0.1) is 0 Å². The van der Waals surface area contributed by atoms with Gasteiger partial charge in [-0.3, -0.25) is 4.79 Å². The number of fused-ring (bicyclic) bond motifs is 1. The minimum absolute atomic E-state index is 0.108. The summed E-state index contributed by atoms with van der Waals surface area (Å²) in [5.41, 5.74) is 1.37. The van der Waals surface area contributed by atoms with Crippen LogP contribution in [-0.4, -0.2) is 12.5 Å². The number of benzene rings is 1. The Morgan fingerprint density at radius 1 is 1.23 bits per heavy atom. The molecular weight excluding hydrogens is 278 g/mol. The van der Waals surface area contributed by atoms with Gasteiger partial charge in [0.1, 0.15) is 23.9 Å². The van der Waals surface area contributed by atoms with Gasteiger partial charge >= 0.3 is 0 Å². The molecule has 0 unspecified atom stereocenters. The third-order valence-electron chi connectivity index (χ3n) is 3.54. The van der Waals surface area contributed by atoms with Crippen molar-refractivity contribution in [3.8, 4) is 18.2 Å². The summed E-state index contributed by atoms with van der Waals surface area (Å²) < 4.78 is 0. The summed E-state index contributed by atoms with van der Waals surface area (Å²) in [6.07, 6.45) is 0. The van der Waals surface area contributed by atoms with Crippen molar-refractivity contribution in [3.63, 3.8) is 0 Å². The highest BCUT2D eigenvalue weighted by Crippen LogP contribution is 2.32. The van der Waals surface area contributed by atoms with Crippen LogP contribution in [0.3, 0.4) is 0 Å². The lowest BCUT2D eigenvalue weighted by atomic mass is 9.79. The maximum absolute atomic E-state index is 11.9. The Labute approximate surface area is 128 Å². The third-order valence-corrected chi connectivity index (χ3v) is 3.54. The van der Waals surface area contributed by atoms with Crippen molar-refractivity contribution in [2.75, 3.05) is 11.9 Å². The Hall–Kier alpha value is -3.30. The molecule has 1 aromatic rings. The molecule has 0 saturated carbocycles. The van der Waals surface area contributed by atoms with Crippen molar-refractivity contribution in [1.82, 2.24) is 5.32 Å². The van der Waals surface area contributed by atoms with Gasteiger partial charge in [-0.05, 0) is 23.8 Å². The fraction of sp³-hybridized carbons (Fsp3) is 0.250. The van der Waals surface area contributed by atoms with Gasteiger partial charge in [-0.2, -0.15) is 15.8 Å². The lowest BCUT2D eigenvalue weighted by Crippen LogP contribution is -2.43. The predicted molar refractivity (Wildman–Crippen MR) is 79.3 cm³/mol. The summed E-state index contributed by atoms with van der Waals surface area (Å²) >= 11 is 0. The molecule has 1 amide bonds. The second-order valence-electron chi connectivity index (χ2n) is 5.54. The van der Waals surface area contributed by atoms with E-state index in [4.69, 9.17) is 15.8 Å². The van der Waals surface area contributed by atoms with Crippen LogP contribution in [0.4, 0.5) is 5.69 Å². The Morgan fingerprint density at radius 3 is 2.50 bits per heavy atom. The maximum atomic E-state index is 11.9. The number of carbonyl (C=O) groups excluding carboxylic acids is 1. The summed E-state index contributed by atoms with van der Waals surface area (Å²) in [4.78, 5) is 11.9. The minimum Gasteiger partial charge on any atom is -0.351 e. The first kappa shape index (κ1) is 15.1. The minimum atomic E-state index is -0.280. The monoisotopic (exact) mass is 291 g/mol. The molecule has 0 atom stereocenters. The van der Waals surface area contributed by atoms with Gasteiger partial charge in [0, 0.05) is 23.2 Å². The zero-order valence-electron chi connectivity index (χ0n) is 12.2. The highest BCUT2D eigenvalue weighted by Gasteiger charge is 2.31. The number of anilines is 1. The summed E-state index contributed by atoms with van der Waals surface area (Å²) in [6, 6.07) is 10.2. The molecule has 0 aromatic heterocycles. The molecule has 6 heteroatoms. The number of amides is 1. The Bertz CT molecular complexity index is 783. The molecule has 0 aliphatic carbocycles. The van der Waals surface area contributed by atoms with Gasteiger partial charge in [0.2, 0.25) is 0 Å². The molecule has 1 aliphatic rings. The van der Waals surface area contributed by atoms with E-state index >= 15 is 0 Å². The quantitative estimate of drug-likeness (QED) is 0.808. The first-order chi connectivity index (χ1) is 10.4. The van der Waals surface area contributed by atoms with Crippen LogP contribution in [0.5, 0.6) is 0 Å². The number of allylic oxidation sites excluding steroid dienone is 2. The van der Waals surface area contributed by atoms with E-state index in [1.54, 1.807) is 36.4 Å². The van der Waals surface area contributed by atoms with E-state index in [1.165, 1.54) is 0 Å². The highest BCUT2D eigenvalue weighted by molar-refractivity contribution is 5.98. The zero-order chi connectivity index (χ0) is 16.3. The summed E-state index contributed by atoms with van der Waals surface area (Å²) in [7, 11) is 0. The van der Waals surface area contributed by atoms with E-state index in [-0.39, 0.29) is 22.6 Å². The van der Waals surface area contributed by atoms with Crippen LogP contribution >= 0.6 is 0 Å². The molecule has 0 bridgehead atoms. The van der Waals surface area contributed by atoms with Crippen LogP contribution in [0.1, 0.15) is 29.8 Å². The van der Waals surface area contributed by atoms with E-state index in [2.05, 4.69) is 10.6 Å².